The first-order valence-corrected chi connectivity index (χ1v) is 6.59. The first-order chi connectivity index (χ1) is 9.90. The van der Waals surface area contributed by atoms with E-state index in [1.165, 1.54) is 6.07 Å². The summed E-state index contributed by atoms with van der Waals surface area (Å²) in [5.41, 5.74) is 3.25. The molecule has 0 spiro atoms. The first kappa shape index (κ1) is 14.8. The lowest BCUT2D eigenvalue weighted by atomic mass is 9.98. The minimum Gasteiger partial charge on any atom is -0.478 e. The van der Waals surface area contributed by atoms with Crippen molar-refractivity contribution in [2.24, 2.45) is 0 Å². The third-order valence-electron chi connectivity index (χ3n) is 3.53. The number of carboxylic acids is 1. The minimum atomic E-state index is -1.12. The van der Waals surface area contributed by atoms with Gasteiger partial charge in [-0.2, -0.15) is 0 Å². The molecule has 0 bridgehead atoms. The van der Waals surface area contributed by atoms with Crippen LogP contribution in [0.1, 0.15) is 50.6 Å². The molecule has 0 aliphatic heterocycles. The van der Waals surface area contributed by atoms with E-state index >= 15 is 0 Å². The molecular weight excluding hydrogens is 270 g/mol. The highest BCUT2D eigenvalue weighted by Crippen LogP contribution is 2.20. The largest absolute Gasteiger partial charge is 0.478 e. The van der Waals surface area contributed by atoms with Crippen LogP contribution in [0.5, 0.6) is 0 Å². The summed E-state index contributed by atoms with van der Waals surface area (Å²) in [6, 6.07) is 6.93. The van der Waals surface area contributed by atoms with Crippen molar-refractivity contribution in [1.29, 1.82) is 0 Å². The zero-order valence-electron chi connectivity index (χ0n) is 12.1. The zero-order valence-corrected chi connectivity index (χ0v) is 12.1. The van der Waals surface area contributed by atoms with E-state index in [4.69, 9.17) is 9.52 Å². The third-order valence-corrected chi connectivity index (χ3v) is 3.53. The van der Waals surface area contributed by atoms with Crippen LogP contribution in [0.15, 0.2) is 34.9 Å². The summed E-state index contributed by atoms with van der Waals surface area (Å²) >= 11 is 0. The number of carbonyl (C=O) groups excluding carboxylic acids is 1. The monoisotopic (exact) mass is 287 g/mol. The van der Waals surface area contributed by atoms with Crippen molar-refractivity contribution >= 4 is 11.9 Å². The molecule has 5 nitrogen and oxygen atoms in total. The summed E-state index contributed by atoms with van der Waals surface area (Å²) in [7, 11) is 0. The lowest BCUT2D eigenvalue weighted by Crippen LogP contribution is -2.26. The Morgan fingerprint density at radius 1 is 1.29 bits per heavy atom. The number of furan rings is 1. The number of aromatic carboxylic acids is 1. The van der Waals surface area contributed by atoms with Crippen molar-refractivity contribution in [2.75, 3.05) is 0 Å². The van der Waals surface area contributed by atoms with Gasteiger partial charge in [-0.15, -0.1) is 0 Å². The van der Waals surface area contributed by atoms with Crippen LogP contribution in [0, 0.1) is 13.8 Å². The number of benzene rings is 1. The quantitative estimate of drug-likeness (QED) is 0.905. The maximum atomic E-state index is 12.1. The number of nitrogens with one attached hydrogen (secondary N) is 1. The fraction of sp³-hybridized carbons (Fsp3) is 0.250. The van der Waals surface area contributed by atoms with Crippen molar-refractivity contribution in [3.05, 3.63) is 58.5 Å². The van der Waals surface area contributed by atoms with Gasteiger partial charge in [0.15, 0.2) is 5.76 Å². The van der Waals surface area contributed by atoms with Crippen LogP contribution in [-0.4, -0.2) is 17.0 Å². The third kappa shape index (κ3) is 3.13. The number of rotatable bonds is 4. The van der Waals surface area contributed by atoms with E-state index in [2.05, 4.69) is 5.32 Å². The molecule has 1 heterocycles. The number of aryl methyl sites for hydroxylation is 1. The Labute approximate surface area is 122 Å². The van der Waals surface area contributed by atoms with Crippen LogP contribution >= 0.6 is 0 Å². The molecule has 2 N–H and O–H groups in total. The number of hydrogen-bond donors (Lipinski definition) is 2. The zero-order chi connectivity index (χ0) is 15.6. The van der Waals surface area contributed by atoms with E-state index in [-0.39, 0.29) is 17.4 Å². The van der Waals surface area contributed by atoms with Crippen LogP contribution < -0.4 is 5.32 Å². The van der Waals surface area contributed by atoms with Gasteiger partial charge in [-0.3, -0.25) is 4.79 Å². The van der Waals surface area contributed by atoms with E-state index in [1.54, 1.807) is 0 Å². The summed E-state index contributed by atoms with van der Waals surface area (Å²) in [5.74, 6) is -1.57. The molecule has 1 unspecified atom stereocenters. The lowest BCUT2D eigenvalue weighted by molar-refractivity contribution is 0.0695. The molecule has 5 heteroatoms. The van der Waals surface area contributed by atoms with Gasteiger partial charge in [-0.25, -0.2) is 4.79 Å². The lowest BCUT2D eigenvalue weighted by Gasteiger charge is -2.17. The molecule has 1 atom stereocenters. The van der Waals surface area contributed by atoms with Gasteiger partial charge in [-0.1, -0.05) is 18.2 Å². The van der Waals surface area contributed by atoms with Gasteiger partial charge in [0, 0.05) is 6.07 Å². The summed E-state index contributed by atoms with van der Waals surface area (Å²) in [5, 5.41) is 11.6. The molecule has 21 heavy (non-hydrogen) atoms. The molecule has 2 aromatic rings. The van der Waals surface area contributed by atoms with Gasteiger partial charge in [-0.05, 0) is 37.5 Å². The normalized spacial score (nSPS) is 12.0. The van der Waals surface area contributed by atoms with Gasteiger partial charge in [0.25, 0.3) is 5.91 Å². The fourth-order valence-corrected chi connectivity index (χ4v) is 2.16. The molecule has 0 aliphatic carbocycles. The van der Waals surface area contributed by atoms with E-state index in [0.717, 1.165) is 23.0 Å². The number of hydrogen-bond acceptors (Lipinski definition) is 3. The molecule has 1 aromatic heterocycles. The van der Waals surface area contributed by atoms with Gasteiger partial charge < -0.3 is 14.8 Å². The standard InChI is InChI=1S/C16H17NO4/c1-9-5-4-6-13(10(9)2)11(3)17-15(18)14-7-12(8-21-14)16(19)20/h4-8,11H,1-3H3,(H,17,18)(H,19,20). The van der Waals surface area contributed by atoms with Crippen LogP contribution in [0.4, 0.5) is 0 Å². The molecular formula is C16H17NO4. The Bertz CT molecular complexity index is 687. The highest BCUT2D eigenvalue weighted by atomic mass is 16.4. The van der Waals surface area contributed by atoms with Crippen LogP contribution in [0.2, 0.25) is 0 Å². The number of carboxylic acid groups (broad SMARTS) is 1. The summed E-state index contributed by atoms with van der Waals surface area (Å²) in [6.07, 6.45) is 1.06. The Morgan fingerprint density at radius 2 is 2.00 bits per heavy atom. The van der Waals surface area contributed by atoms with Crippen molar-refractivity contribution in [3.8, 4) is 0 Å². The predicted octanol–water partition coefficient (Wildman–Crippen LogP) is 3.09. The van der Waals surface area contributed by atoms with Crippen LogP contribution in [0.3, 0.4) is 0 Å². The Morgan fingerprint density at radius 3 is 2.62 bits per heavy atom. The second-order valence-corrected chi connectivity index (χ2v) is 4.99. The summed E-state index contributed by atoms with van der Waals surface area (Å²) in [4.78, 5) is 22.8. The van der Waals surface area contributed by atoms with Crippen molar-refractivity contribution < 1.29 is 19.1 Å². The van der Waals surface area contributed by atoms with Crippen LogP contribution in [-0.2, 0) is 0 Å². The molecule has 0 saturated heterocycles. The van der Waals surface area contributed by atoms with Crippen molar-refractivity contribution in [2.45, 2.75) is 26.8 Å². The average Bonchev–Trinajstić information content (AvgIpc) is 2.91. The number of amides is 1. The molecule has 0 radical (unpaired) electrons. The van der Waals surface area contributed by atoms with Crippen molar-refractivity contribution in [3.63, 3.8) is 0 Å². The molecule has 2 rings (SSSR count). The SMILES string of the molecule is Cc1cccc(C(C)NC(=O)c2cc(C(=O)O)co2)c1C. The highest BCUT2D eigenvalue weighted by Gasteiger charge is 2.18. The summed E-state index contributed by atoms with van der Waals surface area (Å²) in [6.45, 7) is 5.89. The van der Waals surface area contributed by atoms with E-state index in [0.29, 0.717) is 0 Å². The van der Waals surface area contributed by atoms with Gasteiger partial charge >= 0.3 is 5.97 Å². The molecule has 0 fully saturated rings. The van der Waals surface area contributed by atoms with Gasteiger partial charge in [0.05, 0.1) is 11.6 Å². The van der Waals surface area contributed by atoms with E-state index < -0.39 is 11.9 Å². The Kier molecular flexibility index (Phi) is 4.12. The maximum absolute atomic E-state index is 12.1. The molecule has 1 amide bonds. The Balaban J connectivity index is 2.14. The second-order valence-electron chi connectivity index (χ2n) is 4.99. The average molecular weight is 287 g/mol. The second kappa shape index (κ2) is 5.83. The predicted molar refractivity (Wildman–Crippen MR) is 77.5 cm³/mol. The number of carbonyl (C=O) groups is 2. The van der Waals surface area contributed by atoms with Gasteiger partial charge in [0.2, 0.25) is 0 Å². The topological polar surface area (TPSA) is 79.5 Å². The first-order valence-electron chi connectivity index (χ1n) is 6.59. The highest BCUT2D eigenvalue weighted by molar-refractivity contribution is 5.95. The Hall–Kier alpha value is -2.56. The smallest absolute Gasteiger partial charge is 0.338 e. The molecule has 1 aromatic carbocycles. The minimum absolute atomic E-state index is 0.00967. The summed E-state index contributed by atoms with van der Waals surface area (Å²) < 4.78 is 4.99. The van der Waals surface area contributed by atoms with Crippen LogP contribution in [0.25, 0.3) is 0 Å². The van der Waals surface area contributed by atoms with E-state index in [9.17, 15) is 9.59 Å². The van der Waals surface area contributed by atoms with Gasteiger partial charge in [0.1, 0.15) is 6.26 Å². The maximum Gasteiger partial charge on any atom is 0.338 e. The molecule has 0 saturated carbocycles. The van der Waals surface area contributed by atoms with E-state index in [1.807, 2.05) is 39.0 Å². The van der Waals surface area contributed by atoms with Crippen molar-refractivity contribution in [1.82, 2.24) is 5.32 Å². The molecule has 110 valence electrons. The molecule has 0 aliphatic rings. The fourth-order valence-electron chi connectivity index (χ4n) is 2.16.